The van der Waals surface area contributed by atoms with Crippen molar-refractivity contribution in [2.75, 3.05) is 0 Å². The fraction of sp³-hybridized carbons (Fsp3) is 0.160. The van der Waals surface area contributed by atoms with Crippen LogP contribution < -0.4 is 5.43 Å². The van der Waals surface area contributed by atoms with E-state index in [4.69, 9.17) is 4.42 Å². The van der Waals surface area contributed by atoms with Crippen molar-refractivity contribution in [2.24, 2.45) is 0 Å². The molecule has 0 unspecified atom stereocenters. The highest BCUT2D eigenvalue weighted by Crippen LogP contribution is 2.33. The first-order valence-electron chi connectivity index (χ1n) is 9.17. The molecule has 4 aromatic rings. The Labute approximate surface area is 159 Å². The normalized spacial score (nSPS) is 11.7. The van der Waals surface area contributed by atoms with Gasteiger partial charge in [-0.2, -0.15) is 0 Å². The Morgan fingerprint density at radius 1 is 0.741 bits per heavy atom. The molecule has 3 aromatic carbocycles. The van der Waals surface area contributed by atoms with Crippen molar-refractivity contribution in [3.05, 3.63) is 94.6 Å². The zero-order chi connectivity index (χ0) is 19.0. The molecule has 0 aliphatic carbocycles. The molecule has 0 saturated heterocycles. The van der Waals surface area contributed by atoms with Gasteiger partial charge in [-0.05, 0) is 28.7 Å². The molecule has 0 bridgehead atoms. The summed E-state index contributed by atoms with van der Waals surface area (Å²) in [5.74, 6) is 0.614. The molecule has 0 atom stereocenters. The van der Waals surface area contributed by atoms with Gasteiger partial charge in [-0.1, -0.05) is 87.5 Å². The largest absolute Gasteiger partial charge is 0.455 e. The Morgan fingerprint density at radius 2 is 1.33 bits per heavy atom. The van der Waals surface area contributed by atoms with Crippen LogP contribution in [-0.2, 0) is 5.41 Å². The number of rotatable bonds is 2. The predicted molar refractivity (Wildman–Crippen MR) is 112 cm³/mol. The van der Waals surface area contributed by atoms with Crippen LogP contribution in [0.2, 0.25) is 0 Å². The topological polar surface area (TPSA) is 30.2 Å². The second-order valence-electron chi connectivity index (χ2n) is 7.83. The summed E-state index contributed by atoms with van der Waals surface area (Å²) in [7, 11) is 0. The van der Waals surface area contributed by atoms with Crippen LogP contribution in [0.3, 0.4) is 0 Å². The lowest BCUT2D eigenvalue weighted by Crippen LogP contribution is -2.13. The summed E-state index contributed by atoms with van der Waals surface area (Å²) >= 11 is 0. The third-order valence-electron chi connectivity index (χ3n) is 4.85. The van der Waals surface area contributed by atoms with Crippen LogP contribution in [-0.4, -0.2) is 0 Å². The van der Waals surface area contributed by atoms with Gasteiger partial charge < -0.3 is 4.42 Å². The SMILES string of the molecule is CC(C)(C)c1ccc2oc(-c3ccccc3)c(-c3ccccc3)c(=O)c2c1. The summed E-state index contributed by atoms with van der Waals surface area (Å²) in [4.78, 5) is 13.5. The van der Waals surface area contributed by atoms with Crippen molar-refractivity contribution in [3.63, 3.8) is 0 Å². The molecule has 0 saturated carbocycles. The number of hydrogen-bond acceptors (Lipinski definition) is 2. The van der Waals surface area contributed by atoms with E-state index in [1.807, 2.05) is 78.9 Å². The molecule has 2 heteroatoms. The highest BCUT2D eigenvalue weighted by atomic mass is 16.3. The van der Waals surface area contributed by atoms with Crippen LogP contribution in [0, 0.1) is 0 Å². The molecular formula is C25H22O2. The van der Waals surface area contributed by atoms with Crippen molar-refractivity contribution >= 4 is 11.0 Å². The minimum atomic E-state index is -0.0361. The minimum Gasteiger partial charge on any atom is -0.455 e. The van der Waals surface area contributed by atoms with Crippen LogP contribution >= 0.6 is 0 Å². The van der Waals surface area contributed by atoms with Crippen molar-refractivity contribution < 1.29 is 4.42 Å². The third-order valence-corrected chi connectivity index (χ3v) is 4.85. The third kappa shape index (κ3) is 3.19. The second-order valence-corrected chi connectivity index (χ2v) is 7.83. The van der Waals surface area contributed by atoms with E-state index >= 15 is 0 Å². The molecular weight excluding hydrogens is 332 g/mol. The molecule has 0 amide bonds. The van der Waals surface area contributed by atoms with Gasteiger partial charge in [0.05, 0.1) is 10.9 Å². The highest BCUT2D eigenvalue weighted by Gasteiger charge is 2.20. The van der Waals surface area contributed by atoms with E-state index < -0.39 is 0 Å². The molecule has 0 N–H and O–H groups in total. The van der Waals surface area contributed by atoms with E-state index in [0.29, 0.717) is 22.3 Å². The average molecular weight is 354 g/mol. The molecule has 2 nitrogen and oxygen atoms in total. The van der Waals surface area contributed by atoms with Crippen LogP contribution in [0.15, 0.2) is 88.1 Å². The smallest absolute Gasteiger partial charge is 0.201 e. The fourth-order valence-electron chi connectivity index (χ4n) is 3.32. The first-order valence-corrected chi connectivity index (χ1v) is 9.17. The average Bonchev–Trinajstić information content (AvgIpc) is 2.68. The maximum absolute atomic E-state index is 13.5. The predicted octanol–water partition coefficient (Wildman–Crippen LogP) is 6.42. The molecule has 134 valence electrons. The van der Waals surface area contributed by atoms with E-state index in [2.05, 4.69) is 20.8 Å². The van der Waals surface area contributed by atoms with E-state index in [0.717, 1.165) is 16.7 Å². The molecule has 0 aliphatic rings. The molecule has 0 spiro atoms. The Morgan fingerprint density at radius 3 is 1.93 bits per heavy atom. The lowest BCUT2D eigenvalue weighted by Gasteiger charge is -2.19. The molecule has 1 aromatic heterocycles. The summed E-state index contributed by atoms with van der Waals surface area (Å²) < 4.78 is 6.28. The lowest BCUT2D eigenvalue weighted by atomic mass is 9.86. The van der Waals surface area contributed by atoms with Gasteiger partial charge in [-0.3, -0.25) is 4.79 Å². The summed E-state index contributed by atoms with van der Waals surface area (Å²) in [5, 5.41) is 0.626. The van der Waals surface area contributed by atoms with Crippen molar-refractivity contribution in [2.45, 2.75) is 26.2 Å². The maximum Gasteiger partial charge on any atom is 0.201 e. The van der Waals surface area contributed by atoms with Crippen molar-refractivity contribution in [3.8, 4) is 22.5 Å². The maximum atomic E-state index is 13.5. The molecule has 1 heterocycles. The number of benzene rings is 3. The standard InChI is InChI=1S/C25H22O2/c1-25(2,3)19-14-15-21-20(16-19)23(26)22(17-10-6-4-7-11-17)24(27-21)18-12-8-5-9-13-18/h4-16H,1-3H3. The van der Waals surface area contributed by atoms with Gasteiger partial charge >= 0.3 is 0 Å². The quantitative estimate of drug-likeness (QED) is 0.415. The van der Waals surface area contributed by atoms with Crippen LogP contribution in [0.25, 0.3) is 33.4 Å². The Bertz CT molecular complexity index is 1150. The molecule has 27 heavy (non-hydrogen) atoms. The van der Waals surface area contributed by atoms with Gasteiger partial charge in [0.15, 0.2) is 0 Å². The van der Waals surface area contributed by atoms with Crippen molar-refractivity contribution in [1.29, 1.82) is 0 Å². The summed E-state index contributed by atoms with van der Waals surface area (Å²) in [6, 6.07) is 25.5. The minimum absolute atomic E-state index is 0.00685. The zero-order valence-corrected chi connectivity index (χ0v) is 15.8. The first-order chi connectivity index (χ1) is 12.9. The number of fused-ring (bicyclic) bond motifs is 1. The van der Waals surface area contributed by atoms with Gasteiger partial charge in [-0.15, -0.1) is 0 Å². The first kappa shape index (κ1) is 17.3. The summed E-state index contributed by atoms with van der Waals surface area (Å²) in [6.45, 7) is 6.44. The summed E-state index contributed by atoms with van der Waals surface area (Å²) in [5.41, 5.74) is 4.09. The molecule has 0 fully saturated rings. The van der Waals surface area contributed by atoms with Gasteiger partial charge in [-0.25, -0.2) is 0 Å². The molecule has 0 radical (unpaired) electrons. The van der Waals surface area contributed by atoms with Gasteiger partial charge in [0.1, 0.15) is 11.3 Å². The second kappa shape index (κ2) is 6.55. The molecule has 4 rings (SSSR count). The fourth-order valence-corrected chi connectivity index (χ4v) is 3.32. The van der Waals surface area contributed by atoms with E-state index in [1.165, 1.54) is 0 Å². The van der Waals surface area contributed by atoms with Crippen LogP contribution in [0.4, 0.5) is 0 Å². The Kier molecular flexibility index (Phi) is 4.19. The van der Waals surface area contributed by atoms with E-state index in [-0.39, 0.29) is 10.8 Å². The monoisotopic (exact) mass is 354 g/mol. The lowest BCUT2D eigenvalue weighted by molar-refractivity contribution is 0.588. The Balaban J connectivity index is 2.09. The van der Waals surface area contributed by atoms with Gasteiger partial charge in [0, 0.05) is 5.56 Å². The van der Waals surface area contributed by atoms with Crippen molar-refractivity contribution in [1.82, 2.24) is 0 Å². The highest BCUT2D eigenvalue weighted by molar-refractivity contribution is 5.89. The Hall–Kier alpha value is -3.13. The van der Waals surface area contributed by atoms with Crippen LogP contribution in [0.5, 0.6) is 0 Å². The van der Waals surface area contributed by atoms with Gasteiger partial charge in [0.2, 0.25) is 5.43 Å². The van der Waals surface area contributed by atoms with E-state index in [1.54, 1.807) is 0 Å². The van der Waals surface area contributed by atoms with E-state index in [9.17, 15) is 4.79 Å². The summed E-state index contributed by atoms with van der Waals surface area (Å²) in [6.07, 6.45) is 0. The number of hydrogen-bond donors (Lipinski definition) is 0. The van der Waals surface area contributed by atoms with Gasteiger partial charge in [0.25, 0.3) is 0 Å². The van der Waals surface area contributed by atoms with Crippen LogP contribution in [0.1, 0.15) is 26.3 Å². The molecule has 0 aliphatic heterocycles. The zero-order valence-electron chi connectivity index (χ0n) is 15.8.